The van der Waals surface area contributed by atoms with Gasteiger partial charge in [-0.1, -0.05) is 63.1 Å². The number of hydrogen-bond acceptors (Lipinski definition) is 6. The fourth-order valence-corrected chi connectivity index (χ4v) is 5.94. The van der Waals surface area contributed by atoms with E-state index in [9.17, 15) is 10.5 Å². The number of thiophene rings is 1. The Morgan fingerprint density at radius 3 is 2.20 bits per heavy atom. The summed E-state index contributed by atoms with van der Waals surface area (Å²) in [6.45, 7) is 18.3. The number of allylic oxidation sites excluding steroid dienone is 1. The van der Waals surface area contributed by atoms with Crippen LogP contribution in [0.15, 0.2) is 89.3 Å². The maximum absolute atomic E-state index is 9.33. The number of nitrogens with zero attached hydrogens (tertiary/aromatic N) is 4. The van der Waals surface area contributed by atoms with E-state index in [1.807, 2.05) is 62.4 Å². The van der Waals surface area contributed by atoms with E-state index in [0.717, 1.165) is 65.4 Å². The van der Waals surface area contributed by atoms with Gasteiger partial charge in [0.05, 0.1) is 6.57 Å². The largest absolute Gasteiger partial charge is 0.493 e. The molecule has 0 N–H and O–H groups in total. The Kier molecular flexibility index (Phi) is 12.0. The van der Waals surface area contributed by atoms with Gasteiger partial charge in [-0.2, -0.15) is 10.5 Å². The Bertz CT molecular complexity index is 1730. The molecule has 0 unspecified atom stereocenters. The number of benzene rings is 2. The molecule has 4 rings (SSSR count). The Labute approximate surface area is 277 Å². The molecule has 1 aromatic heterocycles. The second-order valence-electron chi connectivity index (χ2n) is 11.5. The second-order valence-corrected chi connectivity index (χ2v) is 12.7. The van der Waals surface area contributed by atoms with Crippen LogP contribution in [0.4, 0.5) is 5.69 Å². The summed E-state index contributed by atoms with van der Waals surface area (Å²) in [6.07, 6.45) is 12.6. The number of hydrogen-bond donors (Lipinski definition) is 0. The lowest BCUT2D eigenvalue weighted by Gasteiger charge is -2.25. The maximum Gasteiger partial charge on any atom is 0.237 e. The highest BCUT2D eigenvalue weighted by Gasteiger charge is 2.38. The van der Waals surface area contributed by atoms with Crippen molar-refractivity contribution in [3.63, 3.8) is 0 Å². The molecule has 0 fully saturated rings. The molecule has 7 heteroatoms. The summed E-state index contributed by atoms with van der Waals surface area (Å²) in [5.41, 5.74) is 3.13. The van der Waals surface area contributed by atoms with Crippen LogP contribution in [-0.2, 0) is 11.3 Å². The molecular weight excluding hydrogens is 589 g/mol. The molecule has 234 valence electrons. The number of anilines is 1. The van der Waals surface area contributed by atoms with Gasteiger partial charge in [-0.25, -0.2) is 4.85 Å². The van der Waals surface area contributed by atoms with E-state index in [2.05, 4.69) is 72.1 Å². The van der Waals surface area contributed by atoms with Gasteiger partial charge in [0.2, 0.25) is 5.70 Å². The number of rotatable bonds is 14. The van der Waals surface area contributed by atoms with Gasteiger partial charge < -0.3 is 14.4 Å². The smallest absolute Gasteiger partial charge is 0.237 e. The molecule has 46 heavy (non-hydrogen) atoms. The molecule has 1 aliphatic rings. The third kappa shape index (κ3) is 8.57. The zero-order valence-electron chi connectivity index (χ0n) is 27.0. The van der Waals surface area contributed by atoms with Crippen LogP contribution in [0.2, 0.25) is 0 Å². The van der Waals surface area contributed by atoms with Gasteiger partial charge in [-0.15, -0.1) is 11.3 Å². The Hall–Kier alpha value is -5.03. The average molecular weight is 629 g/mol. The molecule has 1 aliphatic heterocycles. The number of unbranched alkanes of at least 4 members (excludes halogenated alkanes) is 2. The van der Waals surface area contributed by atoms with Gasteiger partial charge in [0, 0.05) is 45.7 Å². The fourth-order valence-electron chi connectivity index (χ4n) is 5.12. The minimum atomic E-state index is -0.838. The molecule has 0 saturated carbocycles. The van der Waals surface area contributed by atoms with Gasteiger partial charge in [-0.3, -0.25) is 0 Å². The van der Waals surface area contributed by atoms with E-state index >= 15 is 0 Å². The topological polar surface area (TPSA) is 73.6 Å². The summed E-state index contributed by atoms with van der Waals surface area (Å²) in [5, 5.41) is 18.7. The lowest BCUT2D eigenvalue weighted by molar-refractivity contribution is 0.0954. The lowest BCUT2D eigenvalue weighted by atomic mass is 9.97. The molecule has 6 nitrogen and oxygen atoms in total. The van der Waals surface area contributed by atoms with Gasteiger partial charge in [0.15, 0.2) is 11.3 Å². The highest BCUT2D eigenvalue weighted by atomic mass is 32.1. The lowest BCUT2D eigenvalue weighted by Crippen LogP contribution is -2.25. The van der Waals surface area contributed by atoms with Crippen LogP contribution in [0, 0.1) is 29.2 Å². The zero-order chi connectivity index (χ0) is 32.9. The van der Waals surface area contributed by atoms with Crippen LogP contribution in [0.3, 0.4) is 0 Å². The van der Waals surface area contributed by atoms with Crippen molar-refractivity contribution >= 4 is 35.3 Å². The van der Waals surface area contributed by atoms with Crippen LogP contribution < -0.4 is 9.64 Å². The van der Waals surface area contributed by atoms with Crippen molar-refractivity contribution in [2.75, 3.05) is 18.0 Å². The van der Waals surface area contributed by atoms with E-state index in [1.54, 1.807) is 11.3 Å². The van der Waals surface area contributed by atoms with Crippen LogP contribution in [0.5, 0.6) is 5.75 Å². The summed E-state index contributed by atoms with van der Waals surface area (Å²) in [6, 6.07) is 24.5. The normalized spacial score (nSPS) is 13.8. The first-order chi connectivity index (χ1) is 22.3. The molecule has 0 bridgehead atoms. The molecule has 3 aromatic rings. The van der Waals surface area contributed by atoms with Crippen LogP contribution in [0.25, 0.3) is 23.1 Å². The van der Waals surface area contributed by atoms with Crippen molar-refractivity contribution in [2.45, 2.75) is 65.6 Å². The van der Waals surface area contributed by atoms with Gasteiger partial charge in [0.25, 0.3) is 0 Å². The molecule has 0 saturated heterocycles. The first kappa shape index (κ1) is 33.9. The Balaban J connectivity index is 1.59. The monoisotopic (exact) mass is 628 g/mol. The molecule has 0 spiro atoms. The van der Waals surface area contributed by atoms with E-state index in [-0.39, 0.29) is 17.0 Å². The highest BCUT2D eigenvalue weighted by molar-refractivity contribution is 7.13. The number of nitriles is 2. The molecule has 0 atom stereocenters. The van der Waals surface area contributed by atoms with Crippen molar-refractivity contribution < 1.29 is 9.47 Å². The molecule has 0 radical (unpaired) electrons. The van der Waals surface area contributed by atoms with Crippen molar-refractivity contribution in [1.29, 1.82) is 10.5 Å². The first-order valence-electron chi connectivity index (χ1n) is 15.7. The van der Waals surface area contributed by atoms with E-state index in [1.165, 1.54) is 5.69 Å². The average Bonchev–Trinajstić information content (AvgIpc) is 3.63. The summed E-state index contributed by atoms with van der Waals surface area (Å²) in [7, 11) is 0. The van der Waals surface area contributed by atoms with Crippen molar-refractivity contribution in [3.8, 4) is 17.9 Å². The van der Waals surface area contributed by atoms with Gasteiger partial charge in [0.1, 0.15) is 30.1 Å². The third-order valence-electron chi connectivity index (χ3n) is 7.69. The van der Waals surface area contributed by atoms with E-state index in [0.29, 0.717) is 12.2 Å². The minimum Gasteiger partial charge on any atom is -0.493 e. The first-order valence-corrected chi connectivity index (χ1v) is 16.5. The predicted octanol–water partition coefficient (Wildman–Crippen LogP) is 10.2. The van der Waals surface area contributed by atoms with Crippen molar-refractivity contribution in [1.82, 2.24) is 0 Å². The molecule has 2 heterocycles. The number of ether oxygens (including phenoxy) is 2. The summed E-state index contributed by atoms with van der Waals surface area (Å²) >= 11 is 1.62. The minimum absolute atomic E-state index is 0.0506. The van der Waals surface area contributed by atoms with Crippen LogP contribution in [-0.4, -0.2) is 18.7 Å². The molecule has 0 amide bonds. The zero-order valence-corrected chi connectivity index (χ0v) is 27.9. The SMILES string of the molecule is [C-]#[N+]C1=C(/C=C/c2ccc(/C=C/c3ccc(N(CCCC)CCCC)cc3OCc3ccccc3)s2)C(C)(C)OC1=C(C#N)C#N. The summed E-state index contributed by atoms with van der Waals surface area (Å²) < 4.78 is 12.3. The highest BCUT2D eigenvalue weighted by Crippen LogP contribution is 2.41. The summed E-state index contributed by atoms with van der Waals surface area (Å²) in [4.78, 5) is 8.15. The quantitative estimate of drug-likeness (QED) is 0.131. The molecule has 0 aliphatic carbocycles. The third-order valence-corrected chi connectivity index (χ3v) is 8.71. The van der Waals surface area contributed by atoms with Gasteiger partial charge >= 0.3 is 0 Å². The van der Waals surface area contributed by atoms with Crippen LogP contribution in [0.1, 0.15) is 74.3 Å². The van der Waals surface area contributed by atoms with Crippen LogP contribution >= 0.6 is 11.3 Å². The standard InChI is InChI=1S/C39H40N4O2S/c1-6-8-23-43(24-9-7-2)32-17-15-30(36(25-32)44-28-29-13-11-10-12-14-29)16-18-33-19-20-34(46-33)21-22-35-37(42-5)38(31(26-40)27-41)45-39(35,3)4/h10-22,25H,6-9,23-24,28H2,1-4H3/b18-16+,22-21+. The fraction of sp³-hybridized carbons (Fsp3) is 0.308. The Morgan fingerprint density at radius 1 is 0.935 bits per heavy atom. The summed E-state index contributed by atoms with van der Waals surface area (Å²) in [5.74, 6) is 0.905. The molecule has 2 aromatic carbocycles. The Morgan fingerprint density at radius 2 is 1.59 bits per heavy atom. The van der Waals surface area contributed by atoms with Gasteiger partial charge in [-0.05, 0) is 74.7 Å². The maximum atomic E-state index is 9.33. The van der Waals surface area contributed by atoms with E-state index in [4.69, 9.17) is 16.0 Å². The van der Waals surface area contributed by atoms with Crippen molar-refractivity contribution in [2.24, 2.45) is 0 Å². The second kappa shape index (κ2) is 16.3. The van der Waals surface area contributed by atoms with E-state index < -0.39 is 5.60 Å². The molecular formula is C39H40N4O2S. The predicted molar refractivity (Wildman–Crippen MR) is 189 cm³/mol. The van der Waals surface area contributed by atoms with Crippen molar-refractivity contribution in [3.05, 3.63) is 122 Å².